The molecule has 0 aliphatic carbocycles. The van der Waals surface area contributed by atoms with Crippen LogP contribution in [0.3, 0.4) is 0 Å². The number of piperidine rings is 1. The van der Waals surface area contributed by atoms with Gasteiger partial charge in [0.25, 0.3) is 0 Å². The van der Waals surface area contributed by atoms with Gasteiger partial charge in [0.15, 0.2) is 5.82 Å². The SMILES string of the molecule is CCOCCN1CCC(C(=O)c2nc3ccccc3n2CC(=O)O)CC1. The molecule has 0 unspecified atom stereocenters. The summed E-state index contributed by atoms with van der Waals surface area (Å²) in [6.07, 6.45) is 1.53. The van der Waals surface area contributed by atoms with Crippen LogP contribution < -0.4 is 0 Å². The van der Waals surface area contributed by atoms with Gasteiger partial charge in [-0.25, -0.2) is 4.98 Å². The fourth-order valence-electron chi connectivity index (χ4n) is 3.50. The Morgan fingerprint density at radius 2 is 2.00 bits per heavy atom. The van der Waals surface area contributed by atoms with Crippen LogP contribution in [0.15, 0.2) is 24.3 Å². The van der Waals surface area contributed by atoms with Crippen LogP contribution in [0.4, 0.5) is 0 Å². The van der Waals surface area contributed by atoms with Crippen molar-refractivity contribution in [2.24, 2.45) is 5.92 Å². The number of aliphatic carboxylic acids is 1. The number of carboxylic acids is 1. The van der Waals surface area contributed by atoms with Crippen molar-refractivity contribution in [3.8, 4) is 0 Å². The zero-order chi connectivity index (χ0) is 18.5. The number of carboxylic acid groups (broad SMARTS) is 1. The second-order valence-corrected chi connectivity index (χ2v) is 6.58. The number of benzene rings is 1. The Hall–Kier alpha value is -2.25. The average Bonchev–Trinajstić information content (AvgIpc) is 3.00. The summed E-state index contributed by atoms with van der Waals surface area (Å²) in [6, 6.07) is 7.28. The highest BCUT2D eigenvalue weighted by Crippen LogP contribution is 2.24. The van der Waals surface area contributed by atoms with E-state index in [1.807, 2.05) is 19.1 Å². The third-order valence-electron chi connectivity index (χ3n) is 4.88. The summed E-state index contributed by atoms with van der Waals surface area (Å²) in [5, 5.41) is 9.22. The Balaban J connectivity index is 1.73. The maximum Gasteiger partial charge on any atom is 0.323 e. The zero-order valence-corrected chi connectivity index (χ0v) is 15.1. The summed E-state index contributed by atoms with van der Waals surface area (Å²) in [5.41, 5.74) is 1.35. The first kappa shape index (κ1) is 18.5. The monoisotopic (exact) mass is 359 g/mol. The van der Waals surface area contributed by atoms with Crippen LogP contribution in [0.2, 0.25) is 0 Å². The molecule has 140 valence electrons. The summed E-state index contributed by atoms with van der Waals surface area (Å²) in [7, 11) is 0. The summed E-state index contributed by atoms with van der Waals surface area (Å²) in [6.45, 7) is 5.73. The molecule has 1 aliphatic rings. The van der Waals surface area contributed by atoms with Crippen LogP contribution in [0.25, 0.3) is 11.0 Å². The molecule has 0 radical (unpaired) electrons. The van der Waals surface area contributed by atoms with Crippen molar-refractivity contribution in [1.29, 1.82) is 0 Å². The number of ether oxygens (including phenoxy) is 1. The van der Waals surface area contributed by atoms with Gasteiger partial charge in [0, 0.05) is 19.1 Å². The predicted octanol–water partition coefficient (Wildman–Crippen LogP) is 2.05. The molecule has 1 saturated heterocycles. The number of fused-ring (bicyclic) bond motifs is 1. The van der Waals surface area contributed by atoms with E-state index in [0.29, 0.717) is 17.6 Å². The van der Waals surface area contributed by atoms with Gasteiger partial charge in [-0.1, -0.05) is 12.1 Å². The van der Waals surface area contributed by atoms with Crippen LogP contribution in [0.1, 0.15) is 30.4 Å². The van der Waals surface area contributed by atoms with Crippen molar-refractivity contribution in [3.63, 3.8) is 0 Å². The number of carbonyl (C=O) groups is 2. The molecular weight excluding hydrogens is 334 g/mol. The Morgan fingerprint density at radius 3 is 2.69 bits per heavy atom. The van der Waals surface area contributed by atoms with Gasteiger partial charge in [0.1, 0.15) is 6.54 Å². The van der Waals surface area contributed by atoms with Gasteiger partial charge in [0.05, 0.1) is 17.6 Å². The van der Waals surface area contributed by atoms with Crippen molar-refractivity contribution < 1.29 is 19.4 Å². The van der Waals surface area contributed by atoms with Crippen LogP contribution >= 0.6 is 0 Å². The number of nitrogens with zero attached hydrogens (tertiary/aromatic N) is 3. The van der Waals surface area contributed by atoms with Crippen molar-refractivity contribution in [1.82, 2.24) is 14.5 Å². The van der Waals surface area contributed by atoms with Gasteiger partial charge in [-0.3, -0.25) is 9.59 Å². The van der Waals surface area contributed by atoms with Crippen LogP contribution in [-0.2, 0) is 16.1 Å². The number of ketones is 1. The van der Waals surface area contributed by atoms with Crippen molar-refractivity contribution >= 4 is 22.8 Å². The van der Waals surface area contributed by atoms with E-state index in [-0.39, 0.29) is 24.1 Å². The molecule has 1 aromatic carbocycles. The quantitative estimate of drug-likeness (QED) is 0.574. The average molecular weight is 359 g/mol. The number of rotatable bonds is 8. The van der Waals surface area contributed by atoms with Gasteiger partial charge in [-0.15, -0.1) is 0 Å². The van der Waals surface area contributed by atoms with E-state index in [1.54, 1.807) is 12.1 Å². The number of hydrogen-bond donors (Lipinski definition) is 1. The van der Waals surface area contributed by atoms with E-state index >= 15 is 0 Å². The molecule has 1 N–H and O–H groups in total. The molecule has 7 nitrogen and oxygen atoms in total. The number of imidazole rings is 1. The lowest BCUT2D eigenvalue weighted by Crippen LogP contribution is -2.38. The Bertz CT molecular complexity index is 778. The number of carbonyl (C=O) groups excluding carboxylic acids is 1. The van der Waals surface area contributed by atoms with Crippen molar-refractivity contribution in [2.75, 3.05) is 32.8 Å². The molecule has 26 heavy (non-hydrogen) atoms. The minimum Gasteiger partial charge on any atom is -0.480 e. The van der Waals surface area contributed by atoms with E-state index in [1.165, 1.54) is 4.57 Å². The lowest BCUT2D eigenvalue weighted by Gasteiger charge is -2.30. The Morgan fingerprint density at radius 1 is 1.27 bits per heavy atom. The molecule has 0 saturated carbocycles. The van der Waals surface area contributed by atoms with Gasteiger partial charge < -0.3 is 19.3 Å². The van der Waals surface area contributed by atoms with Gasteiger partial charge >= 0.3 is 5.97 Å². The third kappa shape index (κ3) is 4.11. The van der Waals surface area contributed by atoms with Crippen LogP contribution in [-0.4, -0.2) is 64.2 Å². The highest BCUT2D eigenvalue weighted by atomic mass is 16.5. The minimum atomic E-state index is -0.979. The maximum atomic E-state index is 13.0. The fraction of sp³-hybridized carbons (Fsp3) is 0.526. The third-order valence-corrected chi connectivity index (χ3v) is 4.88. The molecule has 1 aliphatic heterocycles. The van der Waals surface area contributed by atoms with Gasteiger partial charge in [-0.05, 0) is 45.0 Å². The molecule has 3 rings (SSSR count). The lowest BCUT2D eigenvalue weighted by atomic mass is 9.92. The first-order valence-corrected chi connectivity index (χ1v) is 9.11. The van der Waals surface area contributed by atoms with E-state index in [2.05, 4.69) is 9.88 Å². The second-order valence-electron chi connectivity index (χ2n) is 6.58. The molecule has 2 aromatic rings. The van der Waals surface area contributed by atoms with Crippen molar-refractivity contribution in [3.05, 3.63) is 30.1 Å². The molecule has 2 heterocycles. The van der Waals surface area contributed by atoms with Crippen molar-refractivity contribution in [2.45, 2.75) is 26.3 Å². The second kappa shape index (κ2) is 8.42. The number of hydrogen-bond acceptors (Lipinski definition) is 5. The summed E-state index contributed by atoms with van der Waals surface area (Å²) in [4.78, 5) is 31.0. The standard InChI is InChI=1S/C19H25N3O4/c1-2-26-12-11-21-9-7-14(8-10-21)18(25)19-20-15-5-3-4-6-16(15)22(19)13-17(23)24/h3-6,14H,2,7-13H2,1H3,(H,23,24). The smallest absolute Gasteiger partial charge is 0.323 e. The predicted molar refractivity (Wildman–Crippen MR) is 97.4 cm³/mol. The molecule has 1 aromatic heterocycles. The molecule has 0 spiro atoms. The van der Waals surface area contributed by atoms with E-state index in [9.17, 15) is 14.7 Å². The molecular formula is C19H25N3O4. The van der Waals surface area contributed by atoms with E-state index in [4.69, 9.17) is 4.74 Å². The number of para-hydroxylation sites is 2. The molecule has 1 fully saturated rings. The summed E-state index contributed by atoms with van der Waals surface area (Å²) < 4.78 is 6.92. The topological polar surface area (TPSA) is 84.7 Å². The Kier molecular flexibility index (Phi) is 6.00. The minimum absolute atomic E-state index is 0.0492. The number of aromatic nitrogens is 2. The van der Waals surface area contributed by atoms with Gasteiger partial charge in [0.2, 0.25) is 5.78 Å². The fourth-order valence-corrected chi connectivity index (χ4v) is 3.50. The first-order valence-electron chi connectivity index (χ1n) is 9.11. The number of likely N-dealkylation sites (tertiary alicyclic amines) is 1. The van der Waals surface area contributed by atoms with E-state index in [0.717, 1.165) is 39.1 Å². The molecule has 7 heteroatoms. The van der Waals surface area contributed by atoms with Crippen LogP contribution in [0.5, 0.6) is 0 Å². The summed E-state index contributed by atoms with van der Waals surface area (Å²) in [5.74, 6) is -0.871. The number of Topliss-reactive ketones (excluding diaryl/α,β-unsaturated/α-hetero) is 1. The highest BCUT2D eigenvalue weighted by Gasteiger charge is 2.29. The maximum absolute atomic E-state index is 13.0. The largest absolute Gasteiger partial charge is 0.480 e. The molecule has 0 amide bonds. The van der Waals surface area contributed by atoms with Gasteiger partial charge in [-0.2, -0.15) is 0 Å². The molecule has 0 atom stereocenters. The Labute approximate surface area is 152 Å². The van der Waals surface area contributed by atoms with Crippen LogP contribution in [0, 0.1) is 5.92 Å². The van der Waals surface area contributed by atoms with E-state index < -0.39 is 5.97 Å². The first-order chi connectivity index (χ1) is 12.6. The zero-order valence-electron chi connectivity index (χ0n) is 15.1. The normalized spacial score (nSPS) is 16.2. The summed E-state index contributed by atoms with van der Waals surface area (Å²) >= 11 is 0. The highest BCUT2D eigenvalue weighted by molar-refractivity contribution is 5.98. The molecule has 0 bridgehead atoms. The lowest BCUT2D eigenvalue weighted by molar-refractivity contribution is -0.137.